The van der Waals surface area contributed by atoms with E-state index in [1.54, 1.807) is 12.4 Å². The molecule has 0 aliphatic carbocycles. The van der Waals surface area contributed by atoms with Gasteiger partial charge in [0.15, 0.2) is 0 Å². The maximum absolute atomic E-state index is 12.3. The fourth-order valence-electron chi connectivity index (χ4n) is 2.71. The lowest BCUT2D eigenvalue weighted by molar-refractivity contribution is -0.118. The lowest BCUT2D eigenvalue weighted by Crippen LogP contribution is -2.12. The molecule has 2 N–H and O–H groups in total. The number of nitrogens with two attached hydrogens (primary N) is 1. The van der Waals surface area contributed by atoms with Crippen molar-refractivity contribution in [1.82, 2.24) is 9.97 Å². The molecule has 6 nitrogen and oxygen atoms in total. The van der Waals surface area contributed by atoms with Gasteiger partial charge in [0, 0.05) is 42.1 Å². The van der Waals surface area contributed by atoms with E-state index in [0.717, 1.165) is 22.4 Å². The van der Waals surface area contributed by atoms with Crippen LogP contribution in [-0.4, -0.2) is 28.2 Å². The number of Topliss-reactive ketones (excluding diaryl/α,β-unsaturated/α-hetero) is 1. The number of aromatic nitrogens is 2. The topological polar surface area (TPSA) is 90.5 Å². The first-order chi connectivity index (χ1) is 11.7. The molecule has 0 radical (unpaired) electrons. The van der Waals surface area contributed by atoms with Crippen molar-refractivity contribution in [3.63, 3.8) is 0 Å². The van der Waals surface area contributed by atoms with Gasteiger partial charge in [-0.25, -0.2) is 4.98 Å². The Kier molecular flexibility index (Phi) is 4.84. The van der Waals surface area contributed by atoms with Gasteiger partial charge in [-0.1, -0.05) is 6.07 Å². The van der Waals surface area contributed by atoms with Crippen LogP contribution in [0.25, 0.3) is 0 Å². The first-order valence-corrected chi connectivity index (χ1v) is 8.04. The van der Waals surface area contributed by atoms with E-state index in [4.69, 9.17) is 10.5 Å². The standard InChI is InChI=1S/C18H20N4O2/c1-2-24-18-12(4-3-7-20-18)5-6-15(23)9-14-8-13-10-22-17(19)16(13)11-21-14/h3-4,7-8,11H,2,5-6,9-10H2,1H3,(H2,19,22). The van der Waals surface area contributed by atoms with E-state index in [2.05, 4.69) is 15.0 Å². The Labute approximate surface area is 140 Å². The highest BCUT2D eigenvalue weighted by molar-refractivity contribution is 6.00. The van der Waals surface area contributed by atoms with E-state index >= 15 is 0 Å². The summed E-state index contributed by atoms with van der Waals surface area (Å²) in [6.45, 7) is 3.04. The van der Waals surface area contributed by atoms with Crippen molar-refractivity contribution in [3.8, 4) is 5.88 Å². The Morgan fingerprint density at radius 3 is 3.08 bits per heavy atom. The molecule has 2 aromatic heterocycles. The van der Waals surface area contributed by atoms with Gasteiger partial charge in [-0.3, -0.25) is 14.8 Å². The molecule has 3 heterocycles. The SMILES string of the molecule is CCOc1ncccc1CCC(=O)Cc1cc2c(cn1)C(N)=NC2. The summed E-state index contributed by atoms with van der Waals surface area (Å²) in [5.74, 6) is 1.27. The van der Waals surface area contributed by atoms with Crippen LogP contribution >= 0.6 is 0 Å². The molecule has 6 heteroatoms. The van der Waals surface area contributed by atoms with Crippen LogP contribution in [0.15, 0.2) is 35.6 Å². The third kappa shape index (κ3) is 3.59. The summed E-state index contributed by atoms with van der Waals surface area (Å²) in [4.78, 5) is 25.0. The largest absolute Gasteiger partial charge is 0.478 e. The van der Waals surface area contributed by atoms with E-state index in [1.165, 1.54) is 0 Å². The predicted molar refractivity (Wildman–Crippen MR) is 91.1 cm³/mol. The van der Waals surface area contributed by atoms with Crippen LogP contribution in [0.4, 0.5) is 0 Å². The average Bonchev–Trinajstić information content (AvgIpc) is 2.95. The summed E-state index contributed by atoms with van der Waals surface area (Å²) in [6, 6.07) is 5.72. The van der Waals surface area contributed by atoms with E-state index < -0.39 is 0 Å². The van der Waals surface area contributed by atoms with Gasteiger partial charge in [-0.05, 0) is 31.0 Å². The highest BCUT2D eigenvalue weighted by Gasteiger charge is 2.15. The summed E-state index contributed by atoms with van der Waals surface area (Å²) in [7, 11) is 0. The molecule has 0 aromatic carbocycles. The fraction of sp³-hybridized carbons (Fsp3) is 0.333. The Morgan fingerprint density at radius 2 is 2.25 bits per heavy atom. The van der Waals surface area contributed by atoms with Crippen molar-refractivity contribution in [1.29, 1.82) is 0 Å². The normalized spacial score (nSPS) is 12.6. The van der Waals surface area contributed by atoms with Gasteiger partial charge in [0.25, 0.3) is 0 Å². The molecule has 24 heavy (non-hydrogen) atoms. The highest BCUT2D eigenvalue weighted by Crippen LogP contribution is 2.19. The van der Waals surface area contributed by atoms with Crippen molar-refractivity contribution in [2.45, 2.75) is 32.7 Å². The summed E-state index contributed by atoms with van der Waals surface area (Å²) < 4.78 is 5.49. The van der Waals surface area contributed by atoms with Crippen LogP contribution in [-0.2, 0) is 24.2 Å². The predicted octanol–water partition coefficient (Wildman–Crippen LogP) is 1.84. The minimum absolute atomic E-state index is 0.139. The number of ether oxygens (including phenoxy) is 1. The van der Waals surface area contributed by atoms with Crippen LogP contribution in [0.1, 0.15) is 35.7 Å². The second-order valence-electron chi connectivity index (χ2n) is 5.65. The summed E-state index contributed by atoms with van der Waals surface area (Å²) in [6.07, 6.45) is 4.76. The number of carbonyl (C=O) groups is 1. The molecule has 1 aliphatic rings. The van der Waals surface area contributed by atoms with Crippen molar-refractivity contribution < 1.29 is 9.53 Å². The van der Waals surface area contributed by atoms with Gasteiger partial charge < -0.3 is 10.5 Å². The molecule has 0 saturated carbocycles. The summed E-state index contributed by atoms with van der Waals surface area (Å²) in [5.41, 5.74) is 9.41. The Hall–Kier alpha value is -2.76. The first kappa shape index (κ1) is 16.1. The monoisotopic (exact) mass is 324 g/mol. The molecule has 0 bridgehead atoms. The molecule has 2 aromatic rings. The Morgan fingerprint density at radius 1 is 1.38 bits per heavy atom. The number of ketones is 1. The van der Waals surface area contributed by atoms with Gasteiger partial charge in [0.2, 0.25) is 5.88 Å². The number of carbonyl (C=O) groups excluding carboxylic acids is 1. The van der Waals surface area contributed by atoms with E-state index in [0.29, 0.717) is 44.1 Å². The van der Waals surface area contributed by atoms with E-state index in [1.807, 2.05) is 25.1 Å². The number of nitrogens with zero attached hydrogens (tertiary/aromatic N) is 3. The molecule has 124 valence electrons. The maximum atomic E-state index is 12.3. The molecular formula is C18H20N4O2. The number of pyridine rings is 2. The minimum atomic E-state index is 0.139. The van der Waals surface area contributed by atoms with E-state index in [9.17, 15) is 4.79 Å². The summed E-state index contributed by atoms with van der Waals surface area (Å²) in [5, 5.41) is 0. The van der Waals surface area contributed by atoms with Gasteiger partial charge >= 0.3 is 0 Å². The molecule has 0 saturated heterocycles. The average molecular weight is 324 g/mol. The van der Waals surface area contributed by atoms with Crippen molar-refractivity contribution in [3.05, 3.63) is 53.0 Å². The number of hydrogen-bond acceptors (Lipinski definition) is 6. The molecule has 0 amide bonds. The lowest BCUT2D eigenvalue weighted by atomic mass is 10.0. The first-order valence-electron chi connectivity index (χ1n) is 8.04. The summed E-state index contributed by atoms with van der Waals surface area (Å²) >= 11 is 0. The highest BCUT2D eigenvalue weighted by atomic mass is 16.5. The van der Waals surface area contributed by atoms with Crippen LogP contribution < -0.4 is 10.5 Å². The van der Waals surface area contributed by atoms with Gasteiger partial charge in [-0.15, -0.1) is 0 Å². The van der Waals surface area contributed by atoms with Crippen molar-refractivity contribution >= 4 is 11.6 Å². The molecule has 1 aliphatic heterocycles. The van der Waals surface area contributed by atoms with Crippen LogP contribution in [0.5, 0.6) is 5.88 Å². The molecule has 3 rings (SSSR count). The number of aliphatic imine (C=N–C) groups is 1. The number of rotatable bonds is 7. The number of hydrogen-bond donors (Lipinski definition) is 1. The van der Waals surface area contributed by atoms with Crippen LogP contribution in [0.2, 0.25) is 0 Å². The third-order valence-corrected chi connectivity index (χ3v) is 3.92. The molecule has 0 unspecified atom stereocenters. The zero-order valence-corrected chi connectivity index (χ0v) is 13.7. The van der Waals surface area contributed by atoms with Crippen LogP contribution in [0, 0.1) is 0 Å². The van der Waals surface area contributed by atoms with Crippen LogP contribution in [0.3, 0.4) is 0 Å². The maximum Gasteiger partial charge on any atom is 0.216 e. The zero-order valence-electron chi connectivity index (χ0n) is 13.7. The zero-order chi connectivity index (χ0) is 16.9. The number of aryl methyl sites for hydroxylation is 1. The Balaban J connectivity index is 1.59. The Bertz CT molecular complexity index is 786. The smallest absolute Gasteiger partial charge is 0.216 e. The quantitative estimate of drug-likeness (QED) is 0.839. The molecule has 0 atom stereocenters. The number of amidine groups is 1. The molecule has 0 spiro atoms. The lowest BCUT2D eigenvalue weighted by Gasteiger charge is -2.08. The number of fused-ring (bicyclic) bond motifs is 1. The fourth-order valence-corrected chi connectivity index (χ4v) is 2.71. The molecular weight excluding hydrogens is 304 g/mol. The van der Waals surface area contributed by atoms with Gasteiger partial charge in [0.1, 0.15) is 11.6 Å². The van der Waals surface area contributed by atoms with Crippen molar-refractivity contribution in [2.75, 3.05) is 6.61 Å². The van der Waals surface area contributed by atoms with E-state index in [-0.39, 0.29) is 5.78 Å². The van der Waals surface area contributed by atoms with Crippen molar-refractivity contribution in [2.24, 2.45) is 10.7 Å². The molecule has 0 fully saturated rings. The second kappa shape index (κ2) is 7.21. The van der Waals surface area contributed by atoms with Gasteiger partial charge in [-0.2, -0.15) is 0 Å². The third-order valence-electron chi connectivity index (χ3n) is 3.92. The van der Waals surface area contributed by atoms with Gasteiger partial charge in [0.05, 0.1) is 13.2 Å². The minimum Gasteiger partial charge on any atom is -0.478 e. The second-order valence-corrected chi connectivity index (χ2v) is 5.65.